The molecule has 2 aliphatic rings. The smallest absolute Gasteiger partial charge is 0.338 e. The maximum atomic E-state index is 13.1. The molecule has 0 aromatic heterocycles. The molecule has 2 N–H and O–H groups in total. The van der Waals surface area contributed by atoms with E-state index in [1.54, 1.807) is 23.9 Å². The third kappa shape index (κ3) is 6.02. The second-order valence-electron chi connectivity index (χ2n) is 8.80. The van der Waals surface area contributed by atoms with Crippen LogP contribution in [0.4, 0.5) is 16.2 Å². The van der Waals surface area contributed by atoms with Crippen LogP contribution < -0.4 is 15.4 Å². The molecule has 0 spiro atoms. The van der Waals surface area contributed by atoms with E-state index in [0.29, 0.717) is 29.3 Å². The van der Waals surface area contributed by atoms with E-state index in [1.165, 1.54) is 0 Å². The summed E-state index contributed by atoms with van der Waals surface area (Å²) in [7, 11) is 0. The number of urea groups is 1. The van der Waals surface area contributed by atoms with Gasteiger partial charge in [0.15, 0.2) is 5.17 Å². The van der Waals surface area contributed by atoms with E-state index >= 15 is 0 Å². The number of amides is 2. The van der Waals surface area contributed by atoms with Crippen LogP contribution in [0.25, 0.3) is 0 Å². The quantitative estimate of drug-likeness (QED) is 0.459. The van der Waals surface area contributed by atoms with E-state index in [0.717, 1.165) is 35.2 Å². The lowest BCUT2D eigenvalue weighted by atomic mass is 9.94. The second-order valence-corrected chi connectivity index (χ2v) is 9.87. The van der Waals surface area contributed by atoms with Gasteiger partial charge in [0.25, 0.3) is 0 Å². The number of thioether (sulfide) groups is 1. The number of allylic oxidation sites excluding steroid dienone is 1. The van der Waals surface area contributed by atoms with Crippen molar-refractivity contribution in [1.29, 1.82) is 0 Å². The highest BCUT2D eigenvalue weighted by atomic mass is 32.2. The highest BCUT2D eigenvalue weighted by molar-refractivity contribution is 8.13. The van der Waals surface area contributed by atoms with Crippen LogP contribution in [0.5, 0.6) is 5.75 Å². The number of carbonyl (C=O) groups excluding carboxylic acids is 2. The fourth-order valence-electron chi connectivity index (χ4n) is 4.20. The summed E-state index contributed by atoms with van der Waals surface area (Å²) in [4.78, 5) is 32.5. The Balaban J connectivity index is 1.50. The lowest BCUT2D eigenvalue weighted by Gasteiger charge is -2.40. The topological polar surface area (TPSA) is 92.3 Å². The predicted octanol–water partition coefficient (Wildman–Crippen LogP) is 5.80. The number of amidine groups is 1. The molecule has 2 aromatic rings. The monoisotopic (exact) mass is 508 g/mol. The zero-order chi connectivity index (χ0) is 25.7. The van der Waals surface area contributed by atoms with Gasteiger partial charge in [-0.3, -0.25) is 0 Å². The number of nitrogens with one attached hydrogen (secondary N) is 2. The lowest BCUT2D eigenvalue weighted by Crippen LogP contribution is -2.42. The molecular formula is C27H32N4O4S. The highest BCUT2D eigenvalue weighted by Gasteiger charge is 2.38. The number of hydrogen-bond acceptors (Lipinski definition) is 7. The summed E-state index contributed by atoms with van der Waals surface area (Å²) >= 11 is 1.71. The van der Waals surface area contributed by atoms with Crippen LogP contribution in [-0.2, 0) is 9.53 Å². The van der Waals surface area contributed by atoms with E-state index in [9.17, 15) is 9.59 Å². The molecule has 1 saturated heterocycles. The van der Waals surface area contributed by atoms with Gasteiger partial charge in [0, 0.05) is 23.7 Å². The van der Waals surface area contributed by atoms with Crippen LogP contribution in [0.2, 0.25) is 0 Å². The van der Waals surface area contributed by atoms with Crippen LogP contribution in [0, 0.1) is 0 Å². The Morgan fingerprint density at radius 3 is 2.33 bits per heavy atom. The number of carbonyl (C=O) groups is 2. The number of fused-ring (bicyclic) bond motifs is 1. The summed E-state index contributed by atoms with van der Waals surface area (Å²) in [6.45, 7) is 8.88. The molecule has 0 aliphatic carbocycles. The molecule has 2 aliphatic heterocycles. The molecule has 0 saturated carbocycles. The van der Waals surface area contributed by atoms with Gasteiger partial charge < -0.3 is 25.0 Å². The van der Waals surface area contributed by atoms with Gasteiger partial charge in [0.05, 0.1) is 30.0 Å². The Bertz CT molecular complexity index is 1160. The van der Waals surface area contributed by atoms with E-state index in [4.69, 9.17) is 14.5 Å². The Morgan fingerprint density at radius 2 is 1.72 bits per heavy atom. The molecule has 190 valence electrons. The van der Waals surface area contributed by atoms with Gasteiger partial charge in [-0.05, 0) is 76.1 Å². The number of rotatable bonds is 7. The SMILES string of the molecule is CCOc1ccc(NC(=O)Nc2ccc(C3C(C(=O)OC(C)C)=C(C)N=C4SCCCN43)cc2)cc1. The maximum Gasteiger partial charge on any atom is 0.338 e. The van der Waals surface area contributed by atoms with Gasteiger partial charge in [0.1, 0.15) is 5.75 Å². The fourth-order valence-corrected chi connectivity index (χ4v) is 5.22. The molecule has 2 heterocycles. The molecule has 1 atom stereocenters. The van der Waals surface area contributed by atoms with Gasteiger partial charge in [-0.25, -0.2) is 14.6 Å². The van der Waals surface area contributed by atoms with Gasteiger partial charge in [-0.15, -0.1) is 0 Å². The van der Waals surface area contributed by atoms with Gasteiger partial charge in [-0.1, -0.05) is 23.9 Å². The minimum atomic E-state index is -0.345. The first-order valence-corrected chi connectivity index (χ1v) is 13.1. The summed E-state index contributed by atoms with van der Waals surface area (Å²) in [5.41, 5.74) is 3.49. The normalized spacial score (nSPS) is 17.3. The molecular weight excluding hydrogens is 476 g/mol. The Morgan fingerprint density at radius 1 is 1.08 bits per heavy atom. The number of benzene rings is 2. The van der Waals surface area contributed by atoms with Crippen LogP contribution in [0.1, 0.15) is 45.7 Å². The molecule has 1 unspecified atom stereocenters. The fraction of sp³-hybridized carbons (Fsp3) is 0.370. The summed E-state index contributed by atoms with van der Waals surface area (Å²) in [5.74, 6) is 1.42. The standard InChI is InChI=1S/C27H32N4O4S/c1-5-34-22-13-11-21(12-14-22)30-26(33)29-20-9-7-19(8-10-20)24-23(25(32)35-17(2)3)18(4)28-27-31(24)15-6-16-36-27/h7-14,17,24H,5-6,15-16H2,1-4H3,(H2,29,30,33). The average molecular weight is 509 g/mol. The molecule has 2 amide bonds. The van der Waals surface area contributed by atoms with Gasteiger partial charge >= 0.3 is 12.0 Å². The summed E-state index contributed by atoms with van der Waals surface area (Å²) in [6.07, 6.45) is 0.789. The maximum absolute atomic E-state index is 13.1. The summed E-state index contributed by atoms with van der Waals surface area (Å²) < 4.78 is 11.0. The van der Waals surface area contributed by atoms with Crippen molar-refractivity contribution in [3.05, 3.63) is 65.4 Å². The number of aliphatic imine (C=N–C) groups is 1. The third-order valence-electron chi connectivity index (χ3n) is 5.73. The zero-order valence-corrected chi connectivity index (χ0v) is 21.9. The van der Waals surface area contributed by atoms with Crippen LogP contribution >= 0.6 is 11.8 Å². The van der Waals surface area contributed by atoms with Crippen molar-refractivity contribution in [3.8, 4) is 5.75 Å². The number of ether oxygens (including phenoxy) is 2. The first-order valence-electron chi connectivity index (χ1n) is 12.2. The number of anilines is 2. The summed E-state index contributed by atoms with van der Waals surface area (Å²) in [5, 5.41) is 6.61. The number of hydrogen-bond donors (Lipinski definition) is 2. The number of esters is 1. The third-order valence-corrected chi connectivity index (χ3v) is 6.81. The van der Waals surface area contributed by atoms with Crippen molar-refractivity contribution in [3.63, 3.8) is 0 Å². The van der Waals surface area contributed by atoms with E-state index in [2.05, 4.69) is 15.5 Å². The van der Waals surface area contributed by atoms with Crippen molar-refractivity contribution < 1.29 is 19.1 Å². The average Bonchev–Trinajstić information content (AvgIpc) is 2.84. The van der Waals surface area contributed by atoms with E-state index < -0.39 is 0 Å². The highest BCUT2D eigenvalue weighted by Crippen LogP contribution is 2.40. The van der Waals surface area contributed by atoms with E-state index in [1.807, 2.05) is 64.1 Å². The minimum absolute atomic E-state index is 0.222. The van der Waals surface area contributed by atoms with Crippen molar-refractivity contribution >= 4 is 40.3 Å². The molecule has 0 radical (unpaired) electrons. The minimum Gasteiger partial charge on any atom is -0.494 e. The second kappa shape index (κ2) is 11.5. The van der Waals surface area contributed by atoms with Crippen molar-refractivity contribution in [2.45, 2.75) is 46.3 Å². The molecule has 4 rings (SSSR count). The largest absolute Gasteiger partial charge is 0.494 e. The van der Waals surface area contributed by atoms with Crippen molar-refractivity contribution in [2.24, 2.45) is 4.99 Å². The van der Waals surface area contributed by atoms with Crippen LogP contribution in [0.15, 0.2) is 64.8 Å². The Kier molecular flexibility index (Phi) is 8.20. The van der Waals surface area contributed by atoms with Crippen LogP contribution in [0.3, 0.4) is 0 Å². The molecule has 8 nitrogen and oxygen atoms in total. The van der Waals surface area contributed by atoms with E-state index in [-0.39, 0.29) is 24.1 Å². The molecule has 2 aromatic carbocycles. The van der Waals surface area contributed by atoms with Crippen molar-refractivity contribution in [1.82, 2.24) is 4.90 Å². The Labute approximate surface area is 216 Å². The molecule has 1 fully saturated rings. The first-order chi connectivity index (χ1) is 17.4. The van der Waals surface area contributed by atoms with Gasteiger partial charge in [-0.2, -0.15) is 0 Å². The molecule has 9 heteroatoms. The zero-order valence-electron chi connectivity index (χ0n) is 21.0. The molecule has 0 bridgehead atoms. The van der Waals surface area contributed by atoms with Crippen molar-refractivity contribution in [2.75, 3.05) is 29.5 Å². The summed E-state index contributed by atoms with van der Waals surface area (Å²) in [6, 6.07) is 14.1. The number of nitrogens with zero attached hydrogens (tertiary/aromatic N) is 2. The molecule has 36 heavy (non-hydrogen) atoms. The van der Waals surface area contributed by atoms with Gasteiger partial charge in [0.2, 0.25) is 0 Å². The first kappa shape index (κ1) is 25.6. The lowest BCUT2D eigenvalue weighted by molar-refractivity contribution is -0.143. The Hall–Kier alpha value is -3.46. The van der Waals surface area contributed by atoms with Crippen LogP contribution in [-0.4, -0.2) is 47.1 Å². The predicted molar refractivity (Wildman–Crippen MR) is 145 cm³/mol.